The van der Waals surface area contributed by atoms with Gasteiger partial charge in [0.05, 0.1) is 5.92 Å². The van der Waals surface area contributed by atoms with Crippen LogP contribution in [0.25, 0.3) is 0 Å². The van der Waals surface area contributed by atoms with Crippen molar-refractivity contribution in [2.24, 2.45) is 11.8 Å². The molecular weight excluding hydrogens is 275 g/mol. The van der Waals surface area contributed by atoms with Crippen molar-refractivity contribution in [3.05, 3.63) is 0 Å². The van der Waals surface area contributed by atoms with Gasteiger partial charge < -0.3 is 14.7 Å². The number of aliphatic hydroxyl groups is 1. The highest BCUT2D eigenvalue weighted by molar-refractivity contribution is 7.53. The normalized spacial score (nSPS) is 31.7. The molecule has 1 heterocycles. The molecule has 0 aliphatic carbocycles. The van der Waals surface area contributed by atoms with Gasteiger partial charge in [-0.25, -0.2) is 0 Å². The zero-order chi connectivity index (χ0) is 15.1. The second-order valence-corrected chi connectivity index (χ2v) is 8.10. The summed E-state index contributed by atoms with van der Waals surface area (Å²) in [4.78, 5) is 11.3. The predicted octanol–water partition coefficient (Wildman–Crippen LogP) is 3.82. The molecule has 4 nitrogen and oxygen atoms in total. The number of rotatable bonds is 5. The number of aliphatic hydroxyl groups excluding tert-OH is 1. The Kier molecular flexibility index (Phi) is 8.01. The van der Waals surface area contributed by atoms with Crippen LogP contribution in [0.3, 0.4) is 0 Å². The summed E-state index contributed by atoms with van der Waals surface area (Å²) in [5, 5.41) is 19.5. The Morgan fingerprint density at radius 1 is 1.40 bits per heavy atom. The van der Waals surface area contributed by atoms with E-state index >= 15 is 0 Å². The van der Waals surface area contributed by atoms with Gasteiger partial charge in [0.25, 0.3) is 0 Å². The third kappa shape index (κ3) is 5.31. The maximum Gasteiger partial charge on any atom is 0.306 e. The first-order chi connectivity index (χ1) is 9.47. The molecule has 5 atom stereocenters. The molecule has 1 saturated heterocycles. The summed E-state index contributed by atoms with van der Waals surface area (Å²) in [5.41, 5.74) is 0.0486. The van der Waals surface area contributed by atoms with Crippen molar-refractivity contribution in [3.8, 4) is 0 Å². The van der Waals surface area contributed by atoms with E-state index in [1.165, 1.54) is 0 Å². The third-order valence-electron chi connectivity index (χ3n) is 4.19. The Labute approximate surface area is 123 Å². The summed E-state index contributed by atoms with van der Waals surface area (Å²) in [6, 6.07) is 0. The quantitative estimate of drug-likeness (QED) is 0.758. The van der Waals surface area contributed by atoms with Gasteiger partial charge in [0.2, 0.25) is 0 Å². The van der Waals surface area contributed by atoms with Crippen molar-refractivity contribution in [1.29, 1.82) is 0 Å². The highest BCUT2D eigenvalue weighted by Gasteiger charge is 2.33. The van der Waals surface area contributed by atoms with Gasteiger partial charge in [-0.3, -0.25) is 4.79 Å². The Hall–Kier alpha value is -0.180. The lowest BCUT2D eigenvalue weighted by molar-refractivity contribution is -0.141. The van der Waals surface area contributed by atoms with E-state index in [0.29, 0.717) is 0 Å². The van der Waals surface area contributed by atoms with Crippen LogP contribution in [-0.4, -0.2) is 34.3 Å². The fraction of sp³-hybridized carbons (Fsp3) is 0.933. The molecule has 0 bridgehead atoms. The highest BCUT2D eigenvalue weighted by Crippen LogP contribution is 2.51. The van der Waals surface area contributed by atoms with E-state index in [1.54, 1.807) is 6.92 Å². The molecule has 118 valence electrons. The van der Waals surface area contributed by atoms with E-state index in [9.17, 15) is 15.0 Å². The lowest BCUT2D eigenvalue weighted by Crippen LogP contribution is -2.28. The summed E-state index contributed by atoms with van der Waals surface area (Å²) in [7, 11) is -0.870. The van der Waals surface area contributed by atoms with Crippen LogP contribution in [0.1, 0.15) is 59.3 Å². The smallest absolute Gasteiger partial charge is 0.306 e. The lowest BCUT2D eigenvalue weighted by atomic mass is 10.0. The molecule has 1 aliphatic heterocycles. The molecule has 1 rings (SSSR count). The third-order valence-corrected chi connectivity index (χ3v) is 6.88. The monoisotopic (exact) mass is 304 g/mol. The zero-order valence-electron chi connectivity index (χ0n) is 12.9. The van der Waals surface area contributed by atoms with Crippen LogP contribution >= 0.6 is 8.15 Å². The molecule has 0 aromatic rings. The number of carboxylic acids is 1. The summed E-state index contributed by atoms with van der Waals surface area (Å²) in [6.07, 6.45) is 6.34. The maximum absolute atomic E-state index is 11.3. The zero-order valence-corrected chi connectivity index (χ0v) is 13.8. The molecule has 0 amide bonds. The SMILES string of the molecule is CCCC(C(C)C(=O)O)[P@]1CCCCC[C@@H](C)[C@H](O)O1. The molecule has 5 heteroatoms. The second kappa shape index (κ2) is 8.96. The van der Waals surface area contributed by atoms with Gasteiger partial charge in [-0.1, -0.05) is 40.0 Å². The van der Waals surface area contributed by atoms with Crippen LogP contribution in [0.2, 0.25) is 0 Å². The number of hydrogen-bond acceptors (Lipinski definition) is 3. The van der Waals surface area contributed by atoms with E-state index in [1.807, 2.05) is 6.92 Å². The Bertz CT molecular complexity index is 298. The van der Waals surface area contributed by atoms with Crippen molar-refractivity contribution >= 4 is 14.1 Å². The van der Waals surface area contributed by atoms with Crippen LogP contribution in [0.4, 0.5) is 0 Å². The van der Waals surface area contributed by atoms with Crippen LogP contribution in [0.15, 0.2) is 0 Å². The van der Waals surface area contributed by atoms with E-state index in [2.05, 4.69) is 6.92 Å². The second-order valence-electron chi connectivity index (χ2n) is 5.95. The molecule has 1 fully saturated rings. The molecule has 0 aromatic carbocycles. The van der Waals surface area contributed by atoms with Crippen LogP contribution in [-0.2, 0) is 9.32 Å². The minimum Gasteiger partial charge on any atom is -0.481 e. The number of carboxylic acid groups (broad SMARTS) is 1. The van der Waals surface area contributed by atoms with Gasteiger partial charge in [0.1, 0.15) is 0 Å². The Morgan fingerprint density at radius 2 is 2.10 bits per heavy atom. The Balaban J connectivity index is 2.81. The highest BCUT2D eigenvalue weighted by atomic mass is 31.1. The summed E-state index contributed by atoms with van der Waals surface area (Å²) in [5.74, 6) is -1.01. The maximum atomic E-state index is 11.3. The average molecular weight is 304 g/mol. The molecule has 0 spiro atoms. The molecule has 0 aromatic heterocycles. The van der Waals surface area contributed by atoms with E-state index in [-0.39, 0.29) is 11.6 Å². The largest absolute Gasteiger partial charge is 0.481 e. The topological polar surface area (TPSA) is 66.8 Å². The van der Waals surface area contributed by atoms with Gasteiger partial charge >= 0.3 is 5.97 Å². The van der Waals surface area contributed by atoms with E-state index in [0.717, 1.165) is 44.7 Å². The van der Waals surface area contributed by atoms with Gasteiger partial charge in [0, 0.05) is 19.7 Å². The molecule has 0 radical (unpaired) electrons. The molecule has 1 aliphatic rings. The first kappa shape index (κ1) is 17.9. The van der Waals surface area contributed by atoms with Gasteiger partial charge in [-0.2, -0.15) is 0 Å². The fourth-order valence-electron chi connectivity index (χ4n) is 2.70. The van der Waals surface area contributed by atoms with Crippen molar-refractivity contribution in [2.45, 2.75) is 71.2 Å². The molecular formula is C15H29O4P. The number of carbonyl (C=O) groups is 1. The van der Waals surface area contributed by atoms with Crippen LogP contribution in [0, 0.1) is 11.8 Å². The Morgan fingerprint density at radius 3 is 2.70 bits per heavy atom. The van der Waals surface area contributed by atoms with Crippen molar-refractivity contribution in [1.82, 2.24) is 0 Å². The molecule has 2 N–H and O–H groups in total. The summed E-state index contributed by atoms with van der Waals surface area (Å²) < 4.78 is 5.93. The van der Waals surface area contributed by atoms with E-state index in [4.69, 9.17) is 4.52 Å². The van der Waals surface area contributed by atoms with Gasteiger partial charge in [-0.15, -0.1) is 0 Å². The first-order valence-corrected chi connectivity index (χ1v) is 9.33. The molecule has 20 heavy (non-hydrogen) atoms. The van der Waals surface area contributed by atoms with Crippen molar-refractivity contribution < 1.29 is 19.5 Å². The summed E-state index contributed by atoms with van der Waals surface area (Å²) in [6.45, 7) is 5.86. The minimum absolute atomic E-state index is 0.0486. The van der Waals surface area contributed by atoms with Crippen molar-refractivity contribution in [2.75, 3.05) is 6.16 Å². The molecule has 2 unspecified atom stereocenters. The number of hydrogen-bond donors (Lipinski definition) is 2. The standard InChI is InChI=1S/C15H29O4P/c1-4-8-13(12(3)14(16)17)20-10-7-5-6-9-11(2)15(18)19-20/h11-13,15,18H,4-10H2,1-3H3,(H,16,17)/t11-,12?,13?,15-,20+/m1/s1. The van der Waals surface area contributed by atoms with Crippen LogP contribution < -0.4 is 0 Å². The van der Waals surface area contributed by atoms with Crippen LogP contribution in [0.5, 0.6) is 0 Å². The summed E-state index contributed by atoms with van der Waals surface area (Å²) >= 11 is 0. The average Bonchev–Trinajstić information content (AvgIpc) is 2.48. The molecule has 0 saturated carbocycles. The minimum atomic E-state index is -0.870. The predicted molar refractivity (Wildman–Crippen MR) is 82.0 cm³/mol. The van der Waals surface area contributed by atoms with Crippen molar-refractivity contribution in [3.63, 3.8) is 0 Å². The first-order valence-electron chi connectivity index (χ1n) is 7.81. The fourth-order valence-corrected chi connectivity index (χ4v) is 5.48. The van der Waals surface area contributed by atoms with E-state index < -0.39 is 26.3 Å². The van der Waals surface area contributed by atoms with Gasteiger partial charge in [-0.05, 0) is 25.4 Å². The lowest BCUT2D eigenvalue weighted by Gasteiger charge is -2.32. The number of aliphatic carboxylic acids is 1. The van der Waals surface area contributed by atoms with Gasteiger partial charge in [0.15, 0.2) is 6.29 Å².